The van der Waals surface area contributed by atoms with E-state index in [4.69, 9.17) is 0 Å². The second-order valence-corrected chi connectivity index (χ2v) is 7.42. The van der Waals surface area contributed by atoms with Crippen LogP contribution in [0.15, 0.2) is 4.90 Å². The summed E-state index contributed by atoms with van der Waals surface area (Å²) < 4.78 is 26.8. The van der Waals surface area contributed by atoms with Crippen molar-refractivity contribution in [2.45, 2.75) is 38.5 Å². The fourth-order valence-electron chi connectivity index (χ4n) is 2.69. The first-order valence-corrected chi connectivity index (χ1v) is 8.52. The summed E-state index contributed by atoms with van der Waals surface area (Å²) >= 11 is 0. The van der Waals surface area contributed by atoms with Crippen molar-refractivity contribution in [3.8, 4) is 0 Å². The molecule has 0 saturated carbocycles. The van der Waals surface area contributed by atoms with Gasteiger partial charge in [0.25, 0.3) is 0 Å². The van der Waals surface area contributed by atoms with Crippen LogP contribution < -0.4 is 5.32 Å². The predicted molar refractivity (Wildman–Crippen MR) is 78.2 cm³/mol. The average molecular weight is 314 g/mol. The molecule has 2 rings (SSSR count). The lowest BCUT2D eigenvalue weighted by molar-refractivity contribution is -0.119. The number of aryl methyl sites for hydroxylation is 2. The van der Waals surface area contributed by atoms with Gasteiger partial charge in [-0.15, -0.1) is 0 Å². The second kappa shape index (κ2) is 6.15. The van der Waals surface area contributed by atoms with Crippen LogP contribution in [-0.4, -0.2) is 48.5 Å². The quantitative estimate of drug-likeness (QED) is 0.849. The van der Waals surface area contributed by atoms with Crippen LogP contribution in [0.5, 0.6) is 0 Å². The maximum Gasteiger partial charge on any atom is 0.246 e. The van der Waals surface area contributed by atoms with Gasteiger partial charge in [0, 0.05) is 26.6 Å². The summed E-state index contributed by atoms with van der Waals surface area (Å²) in [5, 5.41) is 9.48. The van der Waals surface area contributed by atoms with Crippen molar-refractivity contribution >= 4 is 15.9 Å². The van der Waals surface area contributed by atoms with Gasteiger partial charge in [-0.1, -0.05) is 0 Å². The van der Waals surface area contributed by atoms with Gasteiger partial charge in [-0.3, -0.25) is 9.89 Å². The fraction of sp³-hybridized carbons (Fsp3) is 0.692. The predicted octanol–water partition coefficient (Wildman–Crippen LogP) is 0.563. The summed E-state index contributed by atoms with van der Waals surface area (Å²) in [6.07, 6.45) is 1.52. The number of sulfonamides is 1. The molecule has 1 aromatic rings. The third kappa shape index (κ3) is 3.44. The first-order valence-electron chi connectivity index (χ1n) is 7.08. The standard InChI is InChI=1S/C13H22N4O3S/c1-9-13(10(2)16-15-9)21(19,20)17-6-4-12(5-7-17)8-14-11(3)18/h12H,4-8H2,1-3H3,(H,14,18)(H,15,16). The van der Waals surface area contributed by atoms with Gasteiger partial charge in [0.05, 0.1) is 11.4 Å². The molecule has 118 valence electrons. The van der Waals surface area contributed by atoms with E-state index >= 15 is 0 Å². The lowest BCUT2D eigenvalue weighted by Crippen LogP contribution is -2.41. The Bertz CT molecular complexity index is 596. The summed E-state index contributed by atoms with van der Waals surface area (Å²) in [5.41, 5.74) is 1.08. The molecule has 1 fully saturated rings. The Morgan fingerprint density at radius 2 is 2.00 bits per heavy atom. The van der Waals surface area contributed by atoms with Crippen molar-refractivity contribution in [1.29, 1.82) is 0 Å². The number of hydrogen-bond donors (Lipinski definition) is 2. The zero-order valence-electron chi connectivity index (χ0n) is 12.6. The number of nitrogens with zero attached hydrogens (tertiary/aromatic N) is 2. The van der Waals surface area contributed by atoms with E-state index in [-0.39, 0.29) is 5.91 Å². The first kappa shape index (κ1) is 16.0. The fourth-order valence-corrected chi connectivity index (χ4v) is 4.49. The number of carbonyl (C=O) groups is 1. The lowest BCUT2D eigenvalue weighted by Gasteiger charge is -2.31. The van der Waals surface area contributed by atoms with Crippen LogP contribution in [-0.2, 0) is 14.8 Å². The van der Waals surface area contributed by atoms with Crippen LogP contribution >= 0.6 is 0 Å². The van der Waals surface area contributed by atoms with Gasteiger partial charge in [0.2, 0.25) is 15.9 Å². The average Bonchev–Trinajstić information content (AvgIpc) is 2.77. The molecule has 1 aliphatic rings. The topological polar surface area (TPSA) is 95.2 Å². The number of amides is 1. The van der Waals surface area contributed by atoms with E-state index in [0.29, 0.717) is 41.8 Å². The molecular weight excluding hydrogens is 292 g/mol. The molecule has 21 heavy (non-hydrogen) atoms. The zero-order chi connectivity index (χ0) is 15.6. The summed E-state index contributed by atoms with van der Waals surface area (Å²) in [4.78, 5) is 11.2. The minimum absolute atomic E-state index is 0.0466. The van der Waals surface area contributed by atoms with Crippen LogP contribution in [0.25, 0.3) is 0 Å². The van der Waals surface area contributed by atoms with Crippen molar-refractivity contribution in [2.24, 2.45) is 5.92 Å². The Kier molecular flexibility index (Phi) is 4.67. The van der Waals surface area contributed by atoms with Crippen molar-refractivity contribution in [2.75, 3.05) is 19.6 Å². The van der Waals surface area contributed by atoms with Crippen LogP contribution in [0.2, 0.25) is 0 Å². The minimum atomic E-state index is -3.48. The van der Waals surface area contributed by atoms with Crippen LogP contribution in [0, 0.1) is 19.8 Å². The van der Waals surface area contributed by atoms with Crippen molar-refractivity contribution in [3.63, 3.8) is 0 Å². The minimum Gasteiger partial charge on any atom is -0.356 e. The second-order valence-electron chi connectivity index (χ2n) is 5.55. The molecule has 0 bridgehead atoms. The molecule has 0 radical (unpaired) electrons. The van der Waals surface area contributed by atoms with E-state index in [9.17, 15) is 13.2 Å². The summed E-state index contributed by atoms with van der Waals surface area (Å²) in [6, 6.07) is 0. The SMILES string of the molecule is CC(=O)NCC1CCN(S(=O)(=O)c2c(C)n[nH]c2C)CC1. The molecule has 1 amide bonds. The number of hydrogen-bond acceptors (Lipinski definition) is 4. The van der Waals surface area contributed by atoms with Gasteiger partial charge in [0.1, 0.15) is 4.90 Å². The number of aromatic nitrogens is 2. The van der Waals surface area contributed by atoms with Crippen molar-refractivity contribution in [3.05, 3.63) is 11.4 Å². The highest BCUT2D eigenvalue weighted by Gasteiger charge is 2.32. The van der Waals surface area contributed by atoms with Crippen LogP contribution in [0.1, 0.15) is 31.2 Å². The molecular formula is C13H22N4O3S. The highest BCUT2D eigenvalue weighted by Crippen LogP contribution is 2.26. The molecule has 1 saturated heterocycles. The molecule has 2 N–H and O–H groups in total. The molecule has 0 spiro atoms. The summed E-state index contributed by atoms with van der Waals surface area (Å²) in [7, 11) is -3.48. The molecule has 2 heterocycles. The smallest absolute Gasteiger partial charge is 0.246 e. The first-order chi connectivity index (χ1) is 9.82. The van der Waals surface area contributed by atoms with Gasteiger partial charge in [-0.2, -0.15) is 9.40 Å². The molecule has 0 aliphatic carbocycles. The Morgan fingerprint density at radius 3 is 2.48 bits per heavy atom. The molecule has 0 aromatic carbocycles. The number of nitrogens with one attached hydrogen (secondary N) is 2. The van der Waals surface area contributed by atoms with E-state index < -0.39 is 10.0 Å². The highest BCUT2D eigenvalue weighted by atomic mass is 32.2. The Balaban J connectivity index is 2.03. The number of carbonyl (C=O) groups excluding carboxylic acids is 1. The third-order valence-corrected chi connectivity index (χ3v) is 6.03. The van der Waals surface area contributed by atoms with E-state index in [1.165, 1.54) is 11.2 Å². The molecule has 7 nitrogen and oxygen atoms in total. The Morgan fingerprint density at radius 1 is 1.38 bits per heavy atom. The van der Waals surface area contributed by atoms with Gasteiger partial charge in [0.15, 0.2) is 0 Å². The molecule has 8 heteroatoms. The molecule has 1 aliphatic heterocycles. The summed E-state index contributed by atoms with van der Waals surface area (Å²) in [6.45, 7) is 6.49. The molecule has 1 aromatic heterocycles. The maximum absolute atomic E-state index is 12.7. The third-order valence-electron chi connectivity index (χ3n) is 3.87. The Hall–Kier alpha value is -1.41. The van der Waals surface area contributed by atoms with E-state index in [1.807, 2.05) is 0 Å². The normalized spacial score (nSPS) is 17.9. The largest absolute Gasteiger partial charge is 0.356 e. The van der Waals surface area contributed by atoms with E-state index in [1.54, 1.807) is 13.8 Å². The van der Waals surface area contributed by atoms with Crippen LogP contribution in [0.3, 0.4) is 0 Å². The van der Waals surface area contributed by atoms with Gasteiger partial charge in [-0.05, 0) is 32.6 Å². The highest BCUT2D eigenvalue weighted by molar-refractivity contribution is 7.89. The van der Waals surface area contributed by atoms with Crippen LogP contribution in [0.4, 0.5) is 0 Å². The zero-order valence-corrected chi connectivity index (χ0v) is 13.5. The van der Waals surface area contributed by atoms with Crippen molar-refractivity contribution < 1.29 is 13.2 Å². The lowest BCUT2D eigenvalue weighted by atomic mass is 9.98. The number of aromatic amines is 1. The maximum atomic E-state index is 12.7. The van der Waals surface area contributed by atoms with E-state index in [0.717, 1.165) is 12.8 Å². The number of piperidine rings is 1. The Labute approximate surface area is 125 Å². The number of rotatable bonds is 4. The van der Waals surface area contributed by atoms with Gasteiger partial charge < -0.3 is 5.32 Å². The number of H-pyrrole nitrogens is 1. The molecule has 0 atom stereocenters. The van der Waals surface area contributed by atoms with Gasteiger partial charge in [-0.25, -0.2) is 8.42 Å². The molecule has 0 unspecified atom stereocenters. The van der Waals surface area contributed by atoms with E-state index in [2.05, 4.69) is 15.5 Å². The van der Waals surface area contributed by atoms with Gasteiger partial charge >= 0.3 is 0 Å². The van der Waals surface area contributed by atoms with Crippen molar-refractivity contribution in [1.82, 2.24) is 19.8 Å². The summed E-state index contributed by atoms with van der Waals surface area (Å²) in [5.74, 6) is 0.293. The monoisotopic (exact) mass is 314 g/mol.